The van der Waals surface area contributed by atoms with E-state index >= 15 is 0 Å². The number of allylic oxidation sites excluding steroid dienone is 1. The van der Waals surface area contributed by atoms with E-state index in [0.717, 1.165) is 17.8 Å². The summed E-state index contributed by atoms with van der Waals surface area (Å²) in [5, 5.41) is 0. The van der Waals surface area contributed by atoms with Crippen LogP contribution in [0.2, 0.25) is 0 Å². The fourth-order valence-electron chi connectivity index (χ4n) is 1.58. The summed E-state index contributed by atoms with van der Waals surface area (Å²) >= 11 is 0. The summed E-state index contributed by atoms with van der Waals surface area (Å²) < 4.78 is 5.56. The van der Waals surface area contributed by atoms with Crippen molar-refractivity contribution in [1.82, 2.24) is 0 Å². The molecule has 1 heteroatoms. The van der Waals surface area contributed by atoms with Gasteiger partial charge in [0, 0.05) is 0 Å². The van der Waals surface area contributed by atoms with Gasteiger partial charge in [0.05, 0.1) is 0 Å². The molecule has 62 valence electrons. The lowest BCUT2D eigenvalue weighted by Crippen LogP contribution is -2.32. The lowest BCUT2D eigenvalue weighted by Gasteiger charge is -2.37. The van der Waals surface area contributed by atoms with Crippen molar-refractivity contribution < 1.29 is 4.74 Å². The van der Waals surface area contributed by atoms with E-state index in [1.807, 2.05) is 0 Å². The molecule has 11 heavy (non-hydrogen) atoms. The molecule has 1 nitrogen and oxygen atoms in total. The summed E-state index contributed by atoms with van der Waals surface area (Å²) in [6, 6.07) is 0. The fraction of sp³-hybridized carbons (Fsp3) is 0.600. The lowest BCUT2D eigenvalue weighted by atomic mass is 9.86. The number of hydrogen-bond acceptors (Lipinski definition) is 1. The monoisotopic (exact) mass is 152 g/mol. The highest BCUT2D eigenvalue weighted by atomic mass is 16.5. The van der Waals surface area contributed by atoms with E-state index in [4.69, 9.17) is 4.74 Å². The Morgan fingerprint density at radius 1 is 1.45 bits per heavy atom. The van der Waals surface area contributed by atoms with Crippen molar-refractivity contribution in [3.8, 4) is 0 Å². The zero-order valence-electron chi connectivity index (χ0n) is 7.61. The van der Waals surface area contributed by atoms with Crippen LogP contribution in [0.25, 0.3) is 0 Å². The van der Waals surface area contributed by atoms with Gasteiger partial charge in [-0.1, -0.05) is 20.1 Å². The molecule has 0 spiro atoms. The number of hydrogen-bond donors (Lipinski definition) is 0. The van der Waals surface area contributed by atoms with E-state index in [0.29, 0.717) is 5.92 Å². The second-order valence-corrected chi connectivity index (χ2v) is 3.92. The molecule has 1 aliphatic heterocycles. The van der Waals surface area contributed by atoms with Crippen LogP contribution in [-0.2, 0) is 4.74 Å². The van der Waals surface area contributed by atoms with Gasteiger partial charge in [-0.3, -0.25) is 0 Å². The number of ether oxygens (including phenoxy) is 1. The van der Waals surface area contributed by atoms with Crippen LogP contribution in [0.4, 0.5) is 0 Å². The highest BCUT2D eigenvalue weighted by molar-refractivity contribution is 5.25. The maximum Gasteiger partial charge on any atom is 0.115 e. The largest absolute Gasteiger partial charge is 0.488 e. The molecule has 1 fully saturated rings. The summed E-state index contributed by atoms with van der Waals surface area (Å²) in [5.74, 6) is 1.26. The smallest absolute Gasteiger partial charge is 0.115 e. The minimum absolute atomic E-state index is 0.0578. The quantitative estimate of drug-likeness (QED) is 0.518. The Balaban J connectivity index is 2.78. The van der Waals surface area contributed by atoms with Gasteiger partial charge in [0.15, 0.2) is 0 Å². The van der Waals surface area contributed by atoms with Gasteiger partial charge in [-0.05, 0) is 31.8 Å². The molecule has 1 saturated heterocycles. The molecule has 1 rings (SSSR count). The standard InChI is InChI=1S/C10H16O/c1-7-6-10(4,5)11-9(3)8(7)2/h7H,2-3,6H2,1,4-5H3. The first-order valence-corrected chi connectivity index (χ1v) is 3.99. The molecule has 1 aliphatic rings. The van der Waals surface area contributed by atoms with Crippen molar-refractivity contribution in [2.24, 2.45) is 5.92 Å². The highest BCUT2D eigenvalue weighted by Gasteiger charge is 2.31. The SMILES string of the molecule is C=C1OC(C)(C)CC(C)C1=C. The predicted molar refractivity (Wildman–Crippen MR) is 47.2 cm³/mol. The van der Waals surface area contributed by atoms with Crippen molar-refractivity contribution in [3.05, 3.63) is 24.5 Å². The Bertz CT molecular complexity index is 201. The highest BCUT2D eigenvalue weighted by Crippen LogP contribution is 2.36. The third-order valence-electron chi connectivity index (χ3n) is 2.15. The topological polar surface area (TPSA) is 9.23 Å². The lowest BCUT2D eigenvalue weighted by molar-refractivity contribution is 0.00197. The molecule has 0 N–H and O–H groups in total. The van der Waals surface area contributed by atoms with Gasteiger partial charge in [-0.2, -0.15) is 0 Å². The van der Waals surface area contributed by atoms with E-state index in [-0.39, 0.29) is 5.60 Å². The summed E-state index contributed by atoms with van der Waals surface area (Å²) in [5.41, 5.74) is 0.988. The van der Waals surface area contributed by atoms with Crippen LogP contribution < -0.4 is 0 Å². The second kappa shape index (κ2) is 2.40. The molecule has 1 unspecified atom stereocenters. The summed E-state index contributed by atoms with van der Waals surface area (Å²) in [7, 11) is 0. The fourth-order valence-corrected chi connectivity index (χ4v) is 1.58. The van der Waals surface area contributed by atoms with Gasteiger partial charge < -0.3 is 4.74 Å². The Hall–Kier alpha value is -0.720. The van der Waals surface area contributed by atoms with Crippen LogP contribution >= 0.6 is 0 Å². The van der Waals surface area contributed by atoms with Crippen molar-refractivity contribution in [2.75, 3.05) is 0 Å². The Morgan fingerprint density at radius 2 is 2.00 bits per heavy atom. The average Bonchev–Trinajstić information content (AvgIpc) is 1.81. The third kappa shape index (κ3) is 1.65. The average molecular weight is 152 g/mol. The van der Waals surface area contributed by atoms with Gasteiger partial charge in [-0.25, -0.2) is 0 Å². The van der Waals surface area contributed by atoms with Gasteiger partial charge in [0.1, 0.15) is 11.4 Å². The van der Waals surface area contributed by atoms with Crippen molar-refractivity contribution in [1.29, 1.82) is 0 Å². The molecule has 1 heterocycles. The van der Waals surface area contributed by atoms with Crippen LogP contribution in [0.3, 0.4) is 0 Å². The Kier molecular flexibility index (Phi) is 1.83. The molecule has 0 aromatic rings. The first-order chi connectivity index (χ1) is 4.92. The summed E-state index contributed by atoms with van der Waals surface area (Å²) in [6.45, 7) is 14.1. The molecule has 0 aromatic heterocycles. The Labute approximate surface area is 68.8 Å². The van der Waals surface area contributed by atoms with Crippen LogP contribution in [0.1, 0.15) is 27.2 Å². The maximum absolute atomic E-state index is 5.56. The normalized spacial score (nSPS) is 29.9. The van der Waals surface area contributed by atoms with E-state index in [2.05, 4.69) is 33.9 Å². The first-order valence-electron chi connectivity index (χ1n) is 3.99. The molecule has 0 aliphatic carbocycles. The van der Waals surface area contributed by atoms with Crippen molar-refractivity contribution in [2.45, 2.75) is 32.8 Å². The van der Waals surface area contributed by atoms with Gasteiger partial charge in [-0.15, -0.1) is 0 Å². The number of rotatable bonds is 0. The molecule has 0 bridgehead atoms. The Morgan fingerprint density at radius 3 is 2.45 bits per heavy atom. The van der Waals surface area contributed by atoms with E-state index in [9.17, 15) is 0 Å². The second-order valence-electron chi connectivity index (χ2n) is 3.92. The molecule has 0 saturated carbocycles. The van der Waals surface area contributed by atoms with Crippen LogP contribution in [-0.4, -0.2) is 5.60 Å². The van der Waals surface area contributed by atoms with E-state index < -0.39 is 0 Å². The molecule has 0 aromatic carbocycles. The van der Waals surface area contributed by atoms with Gasteiger partial charge in [0.2, 0.25) is 0 Å². The van der Waals surface area contributed by atoms with Crippen LogP contribution in [0, 0.1) is 5.92 Å². The van der Waals surface area contributed by atoms with Crippen LogP contribution in [0.5, 0.6) is 0 Å². The van der Waals surface area contributed by atoms with Gasteiger partial charge in [0.25, 0.3) is 0 Å². The first kappa shape index (κ1) is 8.38. The zero-order chi connectivity index (χ0) is 8.65. The van der Waals surface area contributed by atoms with Crippen LogP contribution in [0.15, 0.2) is 24.5 Å². The molecule has 0 amide bonds. The molecular formula is C10H16O. The van der Waals surface area contributed by atoms with E-state index in [1.165, 1.54) is 0 Å². The minimum Gasteiger partial charge on any atom is -0.488 e. The third-order valence-corrected chi connectivity index (χ3v) is 2.15. The molecule has 0 radical (unpaired) electrons. The minimum atomic E-state index is -0.0578. The van der Waals surface area contributed by atoms with Gasteiger partial charge >= 0.3 is 0 Å². The predicted octanol–water partition coefficient (Wildman–Crippen LogP) is 2.89. The maximum atomic E-state index is 5.56. The van der Waals surface area contributed by atoms with Crippen molar-refractivity contribution >= 4 is 0 Å². The van der Waals surface area contributed by atoms with E-state index in [1.54, 1.807) is 0 Å². The molecular weight excluding hydrogens is 136 g/mol. The summed E-state index contributed by atoms with van der Waals surface area (Å²) in [6.07, 6.45) is 1.03. The zero-order valence-corrected chi connectivity index (χ0v) is 7.61. The molecule has 1 atom stereocenters. The summed E-state index contributed by atoms with van der Waals surface area (Å²) in [4.78, 5) is 0. The van der Waals surface area contributed by atoms with Crippen molar-refractivity contribution in [3.63, 3.8) is 0 Å².